The molecule has 0 bridgehead atoms. The van der Waals surface area contributed by atoms with Crippen molar-refractivity contribution in [3.8, 4) is 5.75 Å². The van der Waals surface area contributed by atoms with Crippen molar-refractivity contribution in [1.29, 1.82) is 0 Å². The van der Waals surface area contributed by atoms with E-state index in [9.17, 15) is 19.5 Å². The SMILES string of the molecule is CCCC[C@@H](NC(=O)[C@@H](C)Oc1ccc2c(CCC)cc(=O)oc2c1)C(=O)O. The molecular weight excluding hydrogens is 362 g/mol. The normalized spacial score (nSPS) is 13.1. The lowest BCUT2D eigenvalue weighted by Crippen LogP contribution is -2.46. The molecule has 28 heavy (non-hydrogen) atoms. The number of carbonyl (C=O) groups excluding carboxylic acids is 1. The summed E-state index contributed by atoms with van der Waals surface area (Å²) in [5.41, 5.74) is 0.873. The minimum absolute atomic E-state index is 0.367. The number of hydrogen-bond donors (Lipinski definition) is 2. The van der Waals surface area contributed by atoms with Crippen LogP contribution >= 0.6 is 0 Å². The van der Waals surface area contributed by atoms with E-state index >= 15 is 0 Å². The lowest BCUT2D eigenvalue weighted by molar-refractivity contribution is -0.143. The smallest absolute Gasteiger partial charge is 0.336 e. The number of nitrogens with one attached hydrogen (secondary N) is 1. The van der Waals surface area contributed by atoms with Crippen LogP contribution in [0.4, 0.5) is 0 Å². The van der Waals surface area contributed by atoms with Crippen molar-refractivity contribution in [3.05, 3.63) is 40.2 Å². The van der Waals surface area contributed by atoms with Gasteiger partial charge in [0.2, 0.25) is 0 Å². The number of fused-ring (bicyclic) bond motifs is 1. The largest absolute Gasteiger partial charge is 0.481 e. The summed E-state index contributed by atoms with van der Waals surface area (Å²) in [5.74, 6) is -1.21. The average Bonchev–Trinajstić information content (AvgIpc) is 2.64. The Balaban J connectivity index is 2.13. The molecule has 2 aromatic rings. The number of carboxylic acids is 1. The Bertz CT molecular complexity index is 888. The molecular formula is C21H27NO6. The lowest BCUT2D eigenvalue weighted by atomic mass is 10.1. The van der Waals surface area contributed by atoms with Crippen LogP contribution in [0.3, 0.4) is 0 Å². The van der Waals surface area contributed by atoms with E-state index in [1.54, 1.807) is 25.1 Å². The van der Waals surface area contributed by atoms with E-state index in [2.05, 4.69) is 5.32 Å². The van der Waals surface area contributed by atoms with Gasteiger partial charge in [-0.3, -0.25) is 4.79 Å². The number of unbranched alkanes of at least 4 members (excludes halogenated alkanes) is 1. The highest BCUT2D eigenvalue weighted by Gasteiger charge is 2.23. The van der Waals surface area contributed by atoms with Crippen LogP contribution in [0.25, 0.3) is 11.0 Å². The molecule has 2 atom stereocenters. The summed E-state index contributed by atoms with van der Waals surface area (Å²) in [6.07, 6.45) is 2.67. The van der Waals surface area contributed by atoms with Crippen LogP contribution in [0.2, 0.25) is 0 Å². The number of amides is 1. The zero-order chi connectivity index (χ0) is 20.7. The van der Waals surface area contributed by atoms with Crippen LogP contribution in [0.15, 0.2) is 33.5 Å². The van der Waals surface area contributed by atoms with Crippen molar-refractivity contribution in [2.75, 3.05) is 0 Å². The molecule has 7 nitrogen and oxygen atoms in total. The number of aryl methyl sites for hydroxylation is 1. The molecule has 0 aliphatic rings. The fraction of sp³-hybridized carbons (Fsp3) is 0.476. The maximum atomic E-state index is 12.3. The quantitative estimate of drug-likeness (QED) is 0.604. The van der Waals surface area contributed by atoms with Crippen LogP contribution in [0.5, 0.6) is 5.75 Å². The van der Waals surface area contributed by atoms with Gasteiger partial charge in [-0.15, -0.1) is 0 Å². The molecule has 0 saturated heterocycles. The number of carboxylic acid groups (broad SMARTS) is 1. The van der Waals surface area contributed by atoms with Gasteiger partial charge in [0, 0.05) is 17.5 Å². The van der Waals surface area contributed by atoms with Gasteiger partial charge in [-0.1, -0.05) is 33.1 Å². The highest BCUT2D eigenvalue weighted by molar-refractivity contribution is 5.86. The van der Waals surface area contributed by atoms with Crippen molar-refractivity contribution in [1.82, 2.24) is 5.32 Å². The number of carbonyl (C=O) groups is 2. The standard InChI is InChI=1S/C21H27NO6/c1-4-6-8-17(21(25)26)22-20(24)13(3)27-15-9-10-16-14(7-5-2)11-19(23)28-18(16)12-15/h9-13,17H,4-8H2,1-3H3,(H,22,24)(H,25,26)/t13-,17-/m1/s1. The first kappa shape index (κ1) is 21.5. The zero-order valence-corrected chi connectivity index (χ0v) is 16.5. The first-order valence-corrected chi connectivity index (χ1v) is 9.62. The molecule has 0 saturated carbocycles. The molecule has 0 fully saturated rings. The van der Waals surface area contributed by atoms with Gasteiger partial charge in [-0.05, 0) is 37.5 Å². The summed E-state index contributed by atoms with van der Waals surface area (Å²) in [6, 6.07) is 5.63. The maximum Gasteiger partial charge on any atom is 0.336 e. The predicted octanol–water partition coefficient (Wildman–Crippen LogP) is 3.27. The molecule has 1 aromatic carbocycles. The van der Waals surface area contributed by atoms with Crippen LogP contribution < -0.4 is 15.7 Å². The second-order valence-electron chi connectivity index (χ2n) is 6.80. The Morgan fingerprint density at radius 1 is 1.21 bits per heavy atom. The van der Waals surface area contributed by atoms with Gasteiger partial charge < -0.3 is 19.6 Å². The molecule has 7 heteroatoms. The Morgan fingerprint density at radius 2 is 1.96 bits per heavy atom. The Labute approximate surface area is 163 Å². The number of benzene rings is 1. The van der Waals surface area contributed by atoms with E-state index in [-0.39, 0.29) is 0 Å². The molecule has 2 rings (SSSR count). The zero-order valence-electron chi connectivity index (χ0n) is 16.5. The third-order valence-electron chi connectivity index (χ3n) is 4.46. The van der Waals surface area contributed by atoms with Crippen LogP contribution in [0, 0.1) is 0 Å². The molecule has 0 unspecified atom stereocenters. The Morgan fingerprint density at radius 3 is 2.61 bits per heavy atom. The van der Waals surface area contributed by atoms with Gasteiger partial charge in [-0.2, -0.15) is 0 Å². The molecule has 152 valence electrons. The summed E-state index contributed by atoms with van der Waals surface area (Å²) in [7, 11) is 0. The van der Waals surface area contributed by atoms with E-state index in [1.165, 1.54) is 6.07 Å². The minimum atomic E-state index is -1.06. The van der Waals surface area contributed by atoms with Crippen molar-refractivity contribution in [2.24, 2.45) is 0 Å². The average molecular weight is 389 g/mol. The van der Waals surface area contributed by atoms with Gasteiger partial charge in [0.05, 0.1) is 0 Å². The first-order valence-electron chi connectivity index (χ1n) is 9.62. The third kappa shape index (κ3) is 5.58. The van der Waals surface area contributed by atoms with Crippen LogP contribution in [-0.4, -0.2) is 29.1 Å². The molecule has 1 aromatic heterocycles. The van der Waals surface area contributed by atoms with Gasteiger partial charge in [0.25, 0.3) is 5.91 Å². The number of ether oxygens (including phenoxy) is 1. The van der Waals surface area contributed by atoms with Crippen molar-refractivity contribution in [3.63, 3.8) is 0 Å². The number of rotatable bonds is 10. The molecule has 0 aliphatic carbocycles. The summed E-state index contributed by atoms with van der Waals surface area (Å²) in [5, 5.41) is 12.6. The highest BCUT2D eigenvalue weighted by atomic mass is 16.5. The van der Waals surface area contributed by atoms with Crippen molar-refractivity contribution >= 4 is 22.8 Å². The predicted molar refractivity (Wildman–Crippen MR) is 106 cm³/mol. The highest BCUT2D eigenvalue weighted by Crippen LogP contribution is 2.24. The Kier molecular flexibility index (Phi) is 7.61. The van der Waals surface area contributed by atoms with E-state index in [0.717, 1.165) is 30.2 Å². The van der Waals surface area contributed by atoms with Crippen LogP contribution in [-0.2, 0) is 16.0 Å². The van der Waals surface area contributed by atoms with Gasteiger partial charge >= 0.3 is 11.6 Å². The number of hydrogen-bond acceptors (Lipinski definition) is 5. The third-order valence-corrected chi connectivity index (χ3v) is 4.46. The van der Waals surface area contributed by atoms with E-state index in [4.69, 9.17) is 9.15 Å². The molecule has 0 spiro atoms. The summed E-state index contributed by atoms with van der Waals surface area (Å²) in [4.78, 5) is 35.4. The van der Waals surface area contributed by atoms with E-state index in [1.807, 2.05) is 13.8 Å². The molecule has 2 N–H and O–H groups in total. The molecule has 0 aliphatic heterocycles. The van der Waals surface area contributed by atoms with Crippen molar-refractivity contribution in [2.45, 2.75) is 65.0 Å². The van der Waals surface area contributed by atoms with Gasteiger partial charge in [-0.25, -0.2) is 9.59 Å². The monoisotopic (exact) mass is 389 g/mol. The summed E-state index contributed by atoms with van der Waals surface area (Å²) < 4.78 is 10.9. The fourth-order valence-electron chi connectivity index (χ4n) is 2.97. The molecule has 1 amide bonds. The van der Waals surface area contributed by atoms with Crippen LogP contribution in [0.1, 0.15) is 52.0 Å². The fourth-order valence-corrected chi connectivity index (χ4v) is 2.97. The van der Waals surface area contributed by atoms with Gasteiger partial charge in [0.1, 0.15) is 17.4 Å². The van der Waals surface area contributed by atoms with Gasteiger partial charge in [0.15, 0.2) is 6.10 Å². The van der Waals surface area contributed by atoms with E-state index < -0.39 is 29.6 Å². The first-order chi connectivity index (χ1) is 13.3. The molecule has 0 radical (unpaired) electrons. The Hall–Kier alpha value is -2.83. The number of aliphatic carboxylic acids is 1. The lowest BCUT2D eigenvalue weighted by Gasteiger charge is -2.19. The summed E-state index contributed by atoms with van der Waals surface area (Å²) >= 11 is 0. The second kappa shape index (κ2) is 9.92. The maximum absolute atomic E-state index is 12.3. The molecule has 1 heterocycles. The summed E-state index contributed by atoms with van der Waals surface area (Å²) in [6.45, 7) is 5.53. The minimum Gasteiger partial charge on any atom is -0.481 e. The van der Waals surface area contributed by atoms with E-state index in [0.29, 0.717) is 24.2 Å². The topological polar surface area (TPSA) is 106 Å². The second-order valence-corrected chi connectivity index (χ2v) is 6.80. The van der Waals surface area contributed by atoms with Crippen molar-refractivity contribution < 1.29 is 23.8 Å².